The smallest absolute Gasteiger partial charge is 0.255 e. The number of amides is 1. The summed E-state index contributed by atoms with van der Waals surface area (Å²) in [5.74, 6) is 1.41. The van der Waals surface area contributed by atoms with Crippen molar-refractivity contribution in [2.45, 2.75) is 44.3 Å². The average molecular weight is 564 g/mol. The predicted octanol–water partition coefficient (Wildman–Crippen LogP) is 3.41. The normalized spacial score (nSPS) is 20.9. The maximum Gasteiger partial charge on any atom is 0.255 e. The number of aromatic nitrogens is 2. The van der Waals surface area contributed by atoms with Gasteiger partial charge in [-0.3, -0.25) is 9.59 Å². The van der Waals surface area contributed by atoms with Crippen LogP contribution < -0.4 is 32.0 Å². The standard InChI is InChI=1S/C27H29N7O5S/c28-16-3-1-2-4-17(16)31-20-9-14-11-29-26(36)22(14)25(32-20)33-27-30-12-19(40-27)15-13-38-24-18(35)10-21(39-23(15)24)34-5-7-37-8-6-34/h9-10,12-13,16-17H,1-8,11,28H2,(H,29,36)(H2,30,31,32,33)/t16-,17+/m1/s1. The Balaban J connectivity index is 1.19. The largest absolute Gasteiger partial charge is 0.456 e. The van der Waals surface area contributed by atoms with Crippen molar-refractivity contribution < 1.29 is 18.4 Å². The zero-order chi connectivity index (χ0) is 27.2. The van der Waals surface area contributed by atoms with Gasteiger partial charge in [0.15, 0.2) is 16.6 Å². The number of thiazole rings is 1. The molecule has 0 radical (unpaired) electrons. The molecule has 1 aliphatic carbocycles. The molecule has 6 heterocycles. The van der Waals surface area contributed by atoms with Crippen LogP contribution in [-0.2, 0) is 11.3 Å². The zero-order valence-electron chi connectivity index (χ0n) is 21.7. The van der Waals surface area contributed by atoms with Gasteiger partial charge < -0.3 is 40.2 Å². The first kappa shape index (κ1) is 25.1. The van der Waals surface area contributed by atoms with Gasteiger partial charge in [0.1, 0.15) is 17.9 Å². The molecule has 12 nitrogen and oxygen atoms in total. The summed E-state index contributed by atoms with van der Waals surface area (Å²) in [5, 5.41) is 10.2. The number of carbonyl (C=O) groups is 1. The van der Waals surface area contributed by atoms with Crippen LogP contribution in [0.3, 0.4) is 0 Å². The number of fused-ring (bicyclic) bond motifs is 2. The van der Waals surface area contributed by atoms with Crippen LogP contribution in [-0.4, -0.2) is 54.3 Å². The highest BCUT2D eigenvalue weighted by Gasteiger charge is 2.28. The van der Waals surface area contributed by atoms with E-state index >= 15 is 0 Å². The van der Waals surface area contributed by atoms with Crippen molar-refractivity contribution in [1.82, 2.24) is 15.3 Å². The fourth-order valence-electron chi connectivity index (χ4n) is 5.55. The van der Waals surface area contributed by atoms with Crippen LogP contribution in [0.15, 0.2) is 38.2 Å². The third-order valence-electron chi connectivity index (χ3n) is 7.67. The number of nitrogens with two attached hydrogens (primary N) is 1. The zero-order valence-corrected chi connectivity index (χ0v) is 22.5. The highest BCUT2D eigenvalue weighted by atomic mass is 32.1. The molecule has 4 aromatic heterocycles. The highest BCUT2D eigenvalue weighted by Crippen LogP contribution is 2.38. The van der Waals surface area contributed by atoms with E-state index in [4.69, 9.17) is 24.3 Å². The molecule has 2 aliphatic heterocycles. The topological polar surface area (TPSA) is 161 Å². The second-order valence-corrected chi connectivity index (χ2v) is 11.3. The van der Waals surface area contributed by atoms with Crippen LogP contribution in [0.25, 0.3) is 21.6 Å². The van der Waals surface area contributed by atoms with Crippen molar-refractivity contribution in [3.8, 4) is 10.4 Å². The number of furan rings is 1. The van der Waals surface area contributed by atoms with Gasteiger partial charge in [0.05, 0.1) is 35.3 Å². The molecule has 1 saturated carbocycles. The average Bonchev–Trinajstić information content (AvgIpc) is 3.69. The molecule has 208 valence electrons. The molecule has 13 heteroatoms. The second-order valence-electron chi connectivity index (χ2n) is 10.3. The Morgan fingerprint density at radius 3 is 2.83 bits per heavy atom. The van der Waals surface area contributed by atoms with Gasteiger partial charge >= 0.3 is 0 Å². The lowest BCUT2D eigenvalue weighted by Gasteiger charge is -2.30. The minimum absolute atomic E-state index is 0.0649. The Morgan fingerprint density at radius 2 is 1.98 bits per heavy atom. The second kappa shape index (κ2) is 10.2. The Kier molecular flexibility index (Phi) is 6.41. The number of ether oxygens (including phenoxy) is 1. The van der Waals surface area contributed by atoms with Crippen LogP contribution in [0.1, 0.15) is 41.6 Å². The number of morpholine rings is 1. The fourth-order valence-corrected chi connectivity index (χ4v) is 6.36. The lowest BCUT2D eigenvalue weighted by atomic mass is 9.91. The van der Waals surface area contributed by atoms with Crippen molar-refractivity contribution in [2.24, 2.45) is 5.73 Å². The molecule has 0 unspecified atom stereocenters. The first-order chi connectivity index (χ1) is 19.5. The van der Waals surface area contributed by atoms with E-state index in [9.17, 15) is 9.59 Å². The Labute approximate surface area is 232 Å². The molecule has 0 spiro atoms. The third-order valence-corrected chi connectivity index (χ3v) is 8.62. The summed E-state index contributed by atoms with van der Waals surface area (Å²) in [7, 11) is 0. The molecular weight excluding hydrogens is 534 g/mol. The number of nitrogens with one attached hydrogen (secondary N) is 3. The Morgan fingerprint density at radius 1 is 1.12 bits per heavy atom. The quantitative estimate of drug-likeness (QED) is 0.272. The van der Waals surface area contributed by atoms with Crippen molar-refractivity contribution >= 4 is 51.1 Å². The highest BCUT2D eigenvalue weighted by molar-refractivity contribution is 7.19. The van der Waals surface area contributed by atoms with Crippen LogP contribution in [0.4, 0.5) is 22.7 Å². The van der Waals surface area contributed by atoms with Gasteiger partial charge in [-0.1, -0.05) is 24.2 Å². The Bertz CT molecular complexity index is 1640. The molecule has 0 bridgehead atoms. The van der Waals surface area contributed by atoms with Crippen molar-refractivity contribution in [3.63, 3.8) is 0 Å². The van der Waals surface area contributed by atoms with Crippen LogP contribution >= 0.6 is 11.3 Å². The molecule has 4 aromatic rings. The minimum atomic E-state index is -0.246. The first-order valence-corrected chi connectivity index (χ1v) is 14.3. The monoisotopic (exact) mass is 563 g/mol. The maximum atomic E-state index is 12.8. The number of carbonyl (C=O) groups excluding carboxylic acids is 1. The van der Waals surface area contributed by atoms with Gasteiger partial charge in [-0.2, -0.15) is 0 Å². The number of hydrogen-bond donors (Lipinski definition) is 4. The van der Waals surface area contributed by atoms with E-state index in [-0.39, 0.29) is 29.0 Å². The number of nitrogens with zero attached hydrogens (tertiary/aromatic N) is 3. The van der Waals surface area contributed by atoms with Gasteiger partial charge in [0, 0.05) is 37.9 Å². The lowest BCUT2D eigenvalue weighted by molar-refractivity contribution is 0.0966. The summed E-state index contributed by atoms with van der Waals surface area (Å²) in [6.07, 6.45) is 7.42. The van der Waals surface area contributed by atoms with Crippen LogP contribution in [0, 0.1) is 0 Å². The Hall–Kier alpha value is -3.94. The van der Waals surface area contributed by atoms with E-state index in [0.717, 1.165) is 36.1 Å². The molecule has 2 fully saturated rings. The fraction of sp³-hybridized carbons (Fsp3) is 0.407. The summed E-state index contributed by atoms with van der Waals surface area (Å²) in [4.78, 5) is 37.4. The molecule has 2 atom stereocenters. The van der Waals surface area contributed by atoms with E-state index in [0.29, 0.717) is 72.2 Å². The van der Waals surface area contributed by atoms with Crippen molar-refractivity contribution in [2.75, 3.05) is 41.8 Å². The lowest BCUT2D eigenvalue weighted by Crippen LogP contribution is -2.42. The first-order valence-electron chi connectivity index (χ1n) is 13.5. The van der Waals surface area contributed by atoms with Crippen molar-refractivity contribution in [3.05, 3.63) is 45.9 Å². The van der Waals surface area contributed by atoms with Crippen molar-refractivity contribution in [1.29, 1.82) is 0 Å². The molecule has 40 heavy (non-hydrogen) atoms. The maximum absolute atomic E-state index is 12.8. The predicted molar refractivity (Wildman–Crippen MR) is 151 cm³/mol. The van der Waals surface area contributed by atoms with Gasteiger partial charge in [-0.05, 0) is 24.5 Å². The van der Waals surface area contributed by atoms with Gasteiger partial charge in [0.2, 0.25) is 11.0 Å². The van der Waals surface area contributed by atoms with E-state index in [1.165, 1.54) is 23.7 Å². The summed E-state index contributed by atoms with van der Waals surface area (Å²) in [6, 6.07) is 3.57. The summed E-state index contributed by atoms with van der Waals surface area (Å²) >= 11 is 1.35. The molecule has 1 amide bonds. The number of rotatable bonds is 6. The SMILES string of the molecule is N[C@@H]1CCCC[C@@H]1Nc1cc2c(c(Nc3ncc(-c4coc5c(=O)cc(N6CCOCC6)oc45)s3)n1)C(=O)NC2. The number of hydrogen-bond acceptors (Lipinski definition) is 12. The molecule has 0 aromatic carbocycles. The number of pyridine rings is 1. The summed E-state index contributed by atoms with van der Waals surface area (Å²) in [6.45, 7) is 2.86. The van der Waals surface area contributed by atoms with Gasteiger partial charge in [-0.25, -0.2) is 9.97 Å². The molecule has 5 N–H and O–H groups in total. The molecular formula is C27H29N7O5S. The van der Waals surface area contributed by atoms with E-state index in [1.807, 2.05) is 11.0 Å². The van der Waals surface area contributed by atoms with Crippen LogP contribution in [0.5, 0.6) is 0 Å². The van der Waals surface area contributed by atoms with E-state index in [1.54, 1.807) is 6.20 Å². The molecule has 3 aliphatic rings. The van der Waals surface area contributed by atoms with E-state index in [2.05, 4.69) is 20.9 Å². The molecule has 7 rings (SSSR count). The van der Waals surface area contributed by atoms with Gasteiger partial charge in [-0.15, -0.1) is 0 Å². The minimum Gasteiger partial charge on any atom is -0.456 e. The third kappa shape index (κ3) is 4.59. The summed E-state index contributed by atoms with van der Waals surface area (Å²) in [5.41, 5.74) is 8.63. The summed E-state index contributed by atoms with van der Waals surface area (Å²) < 4.78 is 17.2. The van der Waals surface area contributed by atoms with Crippen LogP contribution in [0.2, 0.25) is 0 Å². The van der Waals surface area contributed by atoms with E-state index < -0.39 is 0 Å². The van der Waals surface area contributed by atoms with Gasteiger partial charge in [0.25, 0.3) is 5.91 Å². The number of anilines is 4. The molecule has 1 saturated heterocycles.